The minimum atomic E-state index is -0.707. The van der Waals surface area contributed by atoms with E-state index in [1.807, 2.05) is 25.1 Å². The zero-order valence-electron chi connectivity index (χ0n) is 23.0. The quantitative estimate of drug-likeness (QED) is 0.243. The maximum atomic E-state index is 13.8. The van der Waals surface area contributed by atoms with Crippen LogP contribution in [0.3, 0.4) is 0 Å². The molecule has 5 rings (SSSR count). The van der Waals surface area contributed by atoms with Gasteiger partial charge < -0.3 is 14.2 Å². The van der Waals surface area contributed by atoms with E-state index in [2.05, 4.69) is 4.99 Å². The van der Waals surface area contributed by atoms with Crippen molar-refractivity contribution in [3.63, 3.8) is 0 Å². The zero-order valence-corrected chi connectivity index (χ0v) is 23.9. The van der Waals surface area contributed by atoms with Gasteiger partial charge in [0.25, 0.3) is 5.56 Å². The second-order valence-electron chi connectivity index (χ2n) is 9.40. The minimum absolute atomic E-state index is 0.200. The number of thiazole rings is 1. The van der Waals surface area contributed by atoms with Crippen LogP contribution in [0.15, 0.2) is 93.9 Å². The second-order valence-corrected chi connectivity index (χ2v) is 10.4. The van der Waals surface area contributed by atoms with Crippen molar-refractivity contribution < 1.29 is 23.8 Å². The number of hydrogen-bond acceptors (Lipinski definition) is 8. The van der Waals surface area contributed by atoms with Crippen molar-refractivity contribution >= 4 is 29.4 Å². The number of benzene rings is 3. The van der Waals surface area contributed by atoms with Gasteiger partial charge in [-0.15, -0.1) is 0 Å². The molecule has 0 bridgehead atoms. The Morgan fingerprint density at radius 1 is 0.976 bits per heavy atom. The van der Waals surface area contributed by atoms with Gasteiger partial charge >= 0.3 is 11.9 Å². The first kappa shape index (κ1) is 27.8. The smallest absolute Gasteiger partial charge is 0.343 e. The van der Waals surface area contributed by atoms with Gasteiger partial charge in [-0.05, 0) is 74.4 Å². The Bertz CT molecular complexity index is 1830. The molecule has 0 spiro atoms. The average molecular weight is 569 g/mol. The number of carbonyl (C=O) groups is 2. The molecule has 0 aliphatic carbocycles. The molecule has 0 radical (unpaired) electrons. The first-order chi connectivity index (χ1) is 19.8. The summed E-state index contributed by atoms with van der Waals surface area (Å²) in [6.45, 7) is 5.59. The Hall–Kier alpha value is -4.76. The van der Waals surface area contributed by atoms with E-state index in [1.165, 1.54) is 15.9 Å². The normalized spacial score (nSPS) is 14.7. The number of fused-ring (bicyclic) bond motifs is 1. The molecule has 1 aromatic heterocycles. The third kappa shape index (κ3) is 5.76. The average Bonchev–Trinajstić information content (AvgIpc) is 3.27. The highest BCUT2D eigenvalue weighted by molar-refractivity contribution is 7.07. The van der Waals surface area contributed by atoms with Gasteiger partial charge in [-0.3, -0.25) is 9.36 Å². The van der Waals surface area contributed by atoms with Crippen LogP contribution >= 0.6 is 11.3 Å². The number of esters is 2. The fourth-order valence-corrected chi connectivity index (χ4v) is 5.66. The predicted molar refractivity (Wildman–Crippen MR) is 156 cm³/mol. The predicted octanol–water partition coefficient (Wildman–Crippen LogP) is 4.33. The number of methoxy groups -OCH3 is 1. The molecule has 208 valence electrons. The van der Waals surface area contributed by atoms with E-state index >= 15 is 0 Å². The maximum absolute atomic E-state index is 13.8. The molecule has 8 nitrogen and oxygen atoms in total. The minimum Gasteiger partial charge on any atom is -0.497 e. The summed E-state index contributed by atoms with van der Waals surface area (Å²) in [4.78, 5) is 44.4. The van der Waals surface area contributed by atoms with Gasteiger partial charge in [0.2, 0.25) is 0 Å². The van der Waals surface area contributed by atoms with Crippen LogP contribution in [0.1, 0.15) is 46.9 Å². The Kier molecular flexibility index (Phi) is 7.98. The lowest BCUT2D eigenvalue weighted by molar-refractivity contribution is -0.139. The first-order valence-electron chi connectivity index (χ1n) is 13.0. The van der Waals surface area contributed by atoms with Crippen molar-refractivity contribution in [2.45, 2.75) is 26.8 Å². The number of ether oxygens (including phenoxy) is 3. The third-order valence-electron chi connectivity index (χ3n) is 6.59. The summed E-state index contributed by atoms with van der Waals surface area (Å²) < 4.78 is 18.1. The van der Waals surface area contributed by atoms with Crippen LogP contribution < -0.4 is 24.4 Å². The number of hydrogen-bond donors (Lipinski definition) is 0. The molecule has 41 heavy (non-hydrogen) atoms. The Balaban J connectivity index is 1.50. The topological polar surface area (TPSA) is 96.2 Å². The van der Waals surface area contributed by atoms with E-state index in [-0.39, 0.29) is 12.2 Å². The number of carbonyl (C=O) groups excluding carboxylic acids is 2. The summed E-state index contributed by atoms with van der Waals surface area (Å²) in [5.41, 5.74) is 3.45. The number of rotatable bonds is 7. The molecule has 1 atom stereocenters. The molecule has 1 aliphatic rings. The van der Waals surface area contributed by atoms with Crippen LogP contribution in [-0.2, 0) is 9.53 Å². The maximum Gasteiger partial charge on any atom is 0.343 e. The standard InChI is InChI=1S/C32H28N2O6S/c1-5-39-31(37)27-20(3)33-32-34(28(27)22-11-15-24(38-4)16-12-22)29(35)26(41-32)18-21-9-13-25(14-10-21)40-30(36)23-8-6-7-19(2)17-23/h6-18,28H,5H2,1-4H3/b26-18-. The molecule has 3 aromatic carbocycles. The lowest BCUT2D eigenvalue weighted by atomic mass is 9.96. The highest BCUT2D eigenvalue weighted by Crippen LogP contribution is 2.31. The molecule has 0 amide bonds. The summed E-state index contributed by atoms with van der Waals surface area (Å²) in [5.74, 6) is 0.0950. The SMILES string of the molecule is CCOC(=O)C1=C(C)N=c2s/c(=C\c3ccc(OC(=O)c4cccc(C)c4)cc3)c(=O)n2C1c1ccc(OC)cc1. The van der Waals surface area contributed by atoms with Gasteiger partial charge in [-0.25, -0.2) is 14.6 Å². The summed E-state index contributed by atoms with van der Waals surface area (Å²) >= 11 is 1.24. The summed E-state index contributed by atoms with van der Waals surface area (Å²) in [7, 11) is 1.58. The first-order valence-corrected chi connectivity index (χ1v) is 13.8. The van der Waals surface area contributed by atoms with Gasteiger partial charge in [0, 0.05) is 0 Å². The molecule has 4 aromatic rings. The van der Waals surface area contributed by atoms with Crippen molar-refractivity contribution in [2.75, 3.05) is 13.7 Å². The highest BCUT2D eigenvalue weighted by Gasteiger charge is 2.33. The van der Waals surface area contributed by atoms with E-state index < -0.39 is 18.0 Å². The fraction of sp³-hybridized carbons (Fsp3) is 0.188. The van der Waals surface area contributed by atoms with Crippen molar-refractivity contribution in [3.8, 4) is 11.5 Å². The third-order valence-corrected chi connectivity index (χ3v) is 7.57. The Labute approximate surface area is 240 Å². The van der Waals surface area contributed by atoms with Gasteiger partial charge in [0.1, 0.15) is 11.5 Å². The number of aryl methyl sites for hydroxylation is 1. The van der Waals surface area contributed by atoms with Crippen LogP contribution in [0.4, 0.5) is 0 Å². The number of allylic oxidation sites excluding steroid dienone is 1. The second kappa shape index (κ2) is 11.8. The molecule has 0 saturated heterocycles. The van der Waals surface area contributed by atoms with Gasteiger partial charge in [-0.2, -0.15) is 0 Å². The van der Waals surface area contributed by atoms with Crippen LogP contribution in [0.25, 0.3) is 6.08 Å². The Morgan fingerprint density at radius 3 is 2.34 bits per heavy atom. The van der Waals surface area contributed by atoms with Crippen molar-refractivity contribution in [3.05, 3.63) is 126 Å². The molecule has 2 heterocycles. The fourth-order valence-electron chi connectivity index (χ4n) is 4.61. The van der Waals surface area contributed by atoms with Crippen LogP contribution in [0, 0.1) is 6.92 Å². The van der Waals surface area contributed by atoms with Gasteiger partial charge in [-0.1, -0.05) is 53.3 Å². The lowest BCUT2D eigenvalue weighted by Gasteiger charge is -2.24. The largest absolute Gasteiger partial charge is 0.497 e. The lowest BCUT2D eigenvalue weighted by Crippen LogP contribution is -2.39. The van der Waals surface area contributed by atoms with Crippen LogP contribution in [0.5, 0.6) is 11.5 Å². The molecule has 0 fully saturated rings. The van der Waals surface area contributed by atoms with Crippen molar-refractivity contribution in [2.24, 2.45) is 4.99 Å². The van der Waals surface area contributed by atoms with Gasteiger partial charge in [0.05, 0.1) is 41.1 Å². The molecule has 0 N–H and O–H groups in total. The summed E-state index contributed by atoms with van der Waals surface area (Å²) in [6, 6.07) is 20.6. The van der Waals surface area contributed by atoms with E-state index in [4.69, 9.17) is 14.2 Å². The molecule has 1 aliphatic heterocycles. The molecular formula is C32H28N2O6S. The van der Waals surface area contributed by atoms with E-state index in [0.717, 1.165) is 16.7 Å². The number of aromatic nitrogens is 1. The monoisotopic (exact) mass is 568 g/mol. The molecular weight excluding hydrogens is 540 g/mol. The zero-order chi connectivity index (χ0) is 29.1. The summed E-state index contributed by atoms with van der Waals surface area (Å²) in [5, 5.41) is 0. The molecule has 1 unspecified atom stereocenters. The molecule has 0 saturated carbocycles. The number of nitrogens with zero attached hydrogens (tertiary/aromatic N) is 2. The summed E-state index contributed by atoms with van der Waals surface area (Å²) in [6.07, 6.45) is 1.75. The van der Waals surface area contributed by atoms with Crippen molar-refractivity contribution in [1.29, 1.82) is 0 Å². The van der Waals surface area contributed by atoms with E-state index in [0.29, 0.717) is 37.7 Å². The van der Waals surface area contributed by atoms with Crippen molar-refractivity contribution in [1.82, 2.24) is 4.57 Å². The Morgan fingerprint density at radius 2 is 1.68 bits per heavy atom. The highest BCUT2D eigenvalue weighted by atomic mass is 32.1. The molecule has 9 heteroatoms. The van der Waals surface area contributed by atoms with Gasteiger partial charge in [0.15, 0.2) is 4.80 Å². The van der Waals surface area contributed by atoms with E-state index in [1.54, 1.807) is 81.6 Å². The van der Waals surface area contributed by atoms with Crippen LogP contribution in [-0.4, -0.2) is 30.2 Å². The van der Waals surface area contributed by atoms with Crippen LogP contribution in [0.2, 0.25) is 0 Å². The van der Waals surface area contributed by atoms with E-state index in [9.17, 15) is 14.4 Å².